The molecule has 2 heterocycles. The lowest BCUT2D eigenvalue weighted by Gasteiger charge is -2.22. The van der Waals surface area contributed by atoms with Crippen molar-refractivity contribution in [2.45, 2.75) is 20.4 Å². The van der Waals surface area contributed by atoms with Crippen molar-refractivity contribution in [1.29, 1.82) is 0 Å². The number of nitrogens with one attached hydrogen (secondary N) is 1. The number of hydrogen-bond donors (Lipinski definition) is 1. The summed E-state index contributed by atoms with van der Waals surface area (Å²) in [5, 5.41) is 7.20. The predicted molar refractivity (Wildman–Crippen MR) is 75.8 cm³/mol. The molecule has 1 aromatic heterocycles. The fourth-order valence-electron chi connectivity index (χ4n) is 2.59. The number of carbonyl (C=O) groups excluding carboxylic acids is 1. The second kappa shape index (κ2) is 5.09. The van der Waals surface area contributed by atoms with E-state index in [0.29, 0.717) is 23.6 Å². The van der Waals surface area contributed by atoms with Crippen LogP contribution in [0.15, 0.2) is 28.8 Å². The summed E-state index contributed by atoms with van der Waals surface area (Å²) < 4.78 is 5.11. The van der Waals surface area contributed by atoms with E-state index in [4.69, 9.17) is 4.52 Å². The highest BCUT2D eigenvalue weighted by atomic mass is 16.5. The Balaban J connectivity index is 2.04. The predicted octanol–water partition coefficient (Wildman–Crippen LogP) is 2.04. The van der Waals surface area contributed by atoms with Gasteiger partial charge in [0.05, 0.1) is 5.69 Å². The van der Waals surface area contributed by atoms with Crippen LogP contribution in [0.25, 0.3) is 0 Å². The van der Waals surface area contributed by atoms with E-state index < -0.39 is 0 Å². The molecule has 5 heteroatoms. The van der Waals surface area contributed by atoms with Gasteiger partial charge >= 0.3 is 0 Å². The molecule has 1 N–H and O–H groups in total. The highest BCUT2D eigenvalue weighted by Gasteiger charge is 2.26. The molecule has 1 amide bonds. The molecule has 0 unspecified atom stereocenters. The van der Waals surface area contributed by atoms with Gasteiger partial charge in [0.15, 0.2) is 0 Å². The number of para-hydroxylation sites is 1. The highest BCUT2D eigenvalue weighted by Crippen LogP contribution is 2.25. The minimum Gasteiger partial charge on any atom is -0.361 e. The summed E-state index contributed by atoms with van der Waals surface area (Å²) in [7, 11) is 0. The number of hydrogen-bond acceptors (Lipinski definition) is 4. The normalized spacial score (nSPS) is 14.8. The molecule has 0 radical (unpaired) electrons. The molecule has 0 saturated heterocycles. The molecule has 0 bridgehead atoms. The number of nitrogens with zero attached hydrogens (tertiary/aromatic N) is 2. The molecule has 0 saturated carbocycles. The maximum atomic E-state index is 12.8. The number of fused-ring (bicyclic) bond motifs is 1. The third-order valence-corrected chi connectivity index (χ3v) is 3.60. The fourth-order valence-corrected chi connectivity index (χ4v) is 2.59. The van der Waals surface area contributed by atoms with Gasteiger partial charge in [-0.2, -0.15) is 0 Å². The number of aryl methyl sites for hydroxylation is 2. The maximum absolute atomic E-state index is 12.8. The van der Waals surface area contributed by atoms with Gasteiger partial charge in [0.2, 0.25) is 0 Å². The summed E-state index contributed by atoms with van der Waals surface area (Å²) in [5.41, 5.74) is 3.30. The van der Waals surface area contributed by atoms with Gasteiger partial charge in [-0.25, -0.2) is 0 Å². The Hall–Kier alpha value is -2.14. The third kappa shape index (κ3) is 2.10. The van der Waals surface area contributed by atoms with Gasteiger partial charge in [0.25, 0.3) is 5.91 Å². The Morgan fingerprint density at radius 3 is 2.90 bits per heavy atom. The van der Waals surface area contributed by atoms with E-state index in [0.717, 1.165) is 24.3 Å². The van der Waals surface area contributed by atoms with Crippen LogP contribution in [0.4, 0.5) is 5.69 Å². The monoisotopic (exact) mass is 271 g/mol. The topological polar surface area (TPSA) is 58.4 Å². The second-order valence-corrected chi connectivity index (χ2v) is 4.96. The first kappa shape index (κ1) is 12.9. The first-order valence-corrected chi connectivity index (χ1v) is 6.72. The molecule has 5 nitrogen and oxygen atoms in total. The van der Waals surface area contributed by atoms with Crippen molar-refractivity contribution < 1.29 is 9.32 Å². The number of amides is 1. The number of aromatic nitrogens is 1. The summed E-state index contributed by atoms with van der Waals surface area (Å²) in [6.45, 7) is 5.76. The largest absolute Gasteiger partial charge is 0.361 e. The molecule has 104 valence electrons. The van der Waals surface area contributed by atoms with E-state index in [9.17, 15) is 4.79 Å². The zero-order valence-electron chi connectivity index (χ0n) is 11.6. The number of benzene rings is 1. The van der Waals surface area contributed by atoms with Crippen molar-refractivity contribution >= 4 is 11.6 Å². The smallest absolute Gasteiger partial charge is 0.263 e. The zero-order chi connectivity index (χ0) is 14.1. The van der Waals surface area contributed by atoms with Gasteiger partial charge in [-0.3, -0.25) is 4.79 Å². The second-order valence-electron chi connectivity index (χ2n) is 4.96. The van der Waals surface area contributed by atoms with E-state index >= 15 is 0 Å². The average Bonchev–Trinajstić information content (AvgIpc) is 2.67. The summed E-state index contributed by atoms with van der Waals surface area (Å²) in [6, 6.07) is 7.97. The van der Waals surface area contributed by atoms with Crippen LogP contribution in [0.2, 0.25) is 0 Å². The maximum Gasteiger partial charge on any atom is 0.263 e. The molecule has 0 aliphatic carbocycles. The van der Waals surface area contributed by atoms with Gasteiger partial charge in [-0.05, 0) is 25.5 Å². The lowest BCUT2D eigenvalue weighted by atomic mass is 10.1. The molecule has 0 spiro atoms. The van der Waals surface area contributed by atoms with Crippen molar-refractivity contribution in [3.8, 4) is 0 Å². The van der Waals surface area contributed by atoms with Crippen LogP contribution in [0.5, 0.6) is 0 Å². The molecule has 3 rings (SSSR count). The molecule has 1 aliphatic rings. The molecular weight excluding hydrogens is 254 g/mol. The first-order valence-electron chi connectivity index (χ1n) is 6.72. The standard InChI is InChI=1S/C15H17N3O2/c1-10-14(11(2)20-17-10)15(19)18-8-7-16-9-12-5-3-4-6-13(12)18/h3-6,16H,7-9H2,1-2H3. The Bertz CT molecular complexity index is 629. The van der Waals surface area contributed by atoms with E-state index in [-0.39, 0.29) is 5.91 Å². The molecule has 20 heavy (non-hydrogen) atoms. The van der Waals surface area contributed by atoms with Crippen molar-refractivity contribution in [1.82, 2.24) is 10.5 Å². The van der Waals surface area contributed by atoms with Crippen LogP contribution in [0.1, 0.15) is 27.4 Å². The Kier molecular flexibility index (Phi) is 3.28. The molecule has 0 atom stereocenters. The Morgan fingerprint density at radius 2 is 2.15 bits per heavy atom. The van der Waals surface area contributed by atoms with E-state index in [1.165, 1.54) is 0 Å². The average molecular weight is 271 g/mol. The third-order valence-electron chi connectivity index (χ3n) is 3.60. The van der Waals surface area contributed by atoms with Gasteiger partial charge < -0.3 is 14.7 Å². The lowest BCUT2D eigenvalue weighted by molar-refractivity contribution is 0.0985. The van der Waals surface area contributed by atoms with Crippen LogP contribution in [0.3, 0.4) is 0 Å². The SMILES string of the molecule is Cc1noc(C)c1C(=O)N1CCNCc2ccccc21. The van der Waals surface area contributed by atoms with Crippen LogP contribution in [0, 0.1) is 13.8 Å². The molecule has 1 aliphatic heterocycles. The number of anilines is 1. The molecular formula is C15H17N3O2. The number of rotatable bonds is 1. The van der Waals surface area contributed by atoms with Crippen LogP contribution in [-0.2, 0) is 6.54 Å². The summed E-state index contributed by atoms with van der Waals surface area (Å²) in [4.78, 5) is 14.6. The lowest BCUT2D eigenvalue weighted by Crippen LogP contribution is -2.35. The van der Waals surface area contributed by atoms with E-state index in [2.05, 4.69) is 10.5 Å². The minimum atomic E-state index is -0.0441. The van der Waals surface area contributed by atoms with Gasteiger partial charge in [-0.1, -0.05) is 23.4 Å². The van der Waals surface area contributed by atoms with E-state index in [1.54, 1.807) is 13.8 Å². The quantitative estimate of drug-likeness (QED) is 0.862. The summed E-state index contributed by atoms with van der Waals surface area (Å²) in [6.07, 6.45) is 0. The Morgan fingerprint density at radius 1 is 1.35 bits per heavy atom. The summed E-state index contributed by atoms with van der Waals surface area (Å²) in [5.74, 6) is 0.527. The van der Waals surface area contributed by atoms with Gasteiger partial charge in [0.1, 0.15) is 11.3 Å². The van der Waals surface area contributed by atoms with Crippen LogP contribution < -0.4 is 10.2 Å². The highest BCUT2D eigenvalue weighted by molar-refractivity contribution is 6.07. The Labute approximate surface area is 117 Å². The fraction of sp³-hybridized carbons (Fsp3) is 0.333. The molecule has 1 aromatic carbocycles. The van der Waals surface area contributed by atoms with Gasteiger partial charge in [-0.15, -0.1) is 0 Å². The molecule has 2 aromatic rings. The molecule has 0 fully saturated rings. The number of carbonyl (C=O) groups is 1. The van der Waals surface area contributed by atoms with Crippen molar-refractivity contribution in [3.63, 3.8) is 0 Å². The first-order chi connectivity index (χ1) is 9.68. The summed E-state index contributed by atoms with van der Waals surface area (Å²) >= 11 is 0. The van der Waals surface area contributed by atoms with Crippen molar-refractivity contribution in [2.75, 3.05) is 18.0 Å². The zero-order valence-corrected chi connectivity index (χ0v) is 11.6. The minimum absolute atomic E-state index is 0.0441. The van der Waals surface area contributed by atoms with Crippen molar-refractivity contribution in [2.24, 2.45) is 0 Å². The van der Waals surface area contributed by atoms with Crippen LogP contribution in [-0.4, -0.2) is 24.2 Å². The van der Waals surface area contributed by atoms with E-state index in [1.807, 2.05) is 29.2 Å². The van der Waals surface area contributed by atoms with Crippen LogP contribution >= 0.6 is 0 Å². The van der Waals surface area contributed by atoms with Crippen molar-refractivity contribution in [3.05, 3.63) is 46.8 Å². The van der Waals surface area contributed by atoms with Gasteiger partial charge in [0, 0.05) is 25.3 Å².